The summed E-state index contributed by atoms with van der Waals surface area (Å²) >= 11 is 0. The topological polar surface area (TPSA) is 99.1 Å². The smallest absolute Gasteiger partial charge is 0.243 e. The molecule has 17 heavy (non-hydrogen) atoms. The lowest BCUT2D eigenvalue weighted by Crippen LogP contribution is -2.16. The molecular weight excluding hydrogens is 242 g/mol. The highest BCUT2D eigenvalue weighted by Crippen LogP contribution is 2.45. The molecule has 0 aromatic carbocycles. The van der Waals surface area contributed by atoms with Crippen molar-refractivity contribution in [2.24, 2.45) is 11.7 Å². The maximum absolute atomic E-state index is 11.0. The Kier molecular flexibility index (Phi) is 3.22. The first-order chi connectivity index (χ1) is 7.87. The fourth-order valence-corrected chi connectivity index (χ4v) is 2.38. The quantitative estimate of drug-likeness (QED) is 0.832. The fourth-order valence-electron chi connectivity index (χ4n) is 1.69. The molecule has 1 aliphatic rings. The number of hydrogen-bond donors (Lipinski definition) is 1. The minimum atomic E-state index is -3.00. The van der Waals surface area contributed by atoms with Crippen molar-refractivity contribution in [2.75, 3.05) is 12.0 Å². The molecular formula is C10H17N3O3S. The molecule has 1 aliphatic carbocycles. The summed E-state index contributed by atoms with van der Waals surface area (Å²) in [7, 11) is -3.00. The van der Waals surface area contributed by atoms with Crippen LogP contribution < -0.4 is 5.73 Å². The maximum Gasteiger partial charge on any atom is 0.243 e. The zero-order valence-electron chi connectivity index (χ0n) is 9.96. The molecule has 1 fully saturated rings. The lowest BCUT2D eigenvalue weighted by molar-refractivity contribution is 0.348. The minimum absolute atomic E-state index is 0.0334. The average Bonchev–Trinajstić information content (AvgIpc) is 2.79. The van der Waals surface area contributed by atoms with Crippen LogP contribution in [0.2, 0.25) is 0 Å². The van der Waals surface area contributed by atoms with E-state index in [-0.39, 0.29) is 5.75 Å². The van der Waals surface area contributed by atoms with Gasteiger partial charge in [-0.1, -0.05) is 12.1 Å². The van der Waals surface area contributed by atoms with E-state index >= 15 is 0 Å². The minimum Gasteiger partial charge on any atom is -0.338 e. The van der Waals surface area contributed by atoms with Gasteiger partial charge in [0.25, 0.3) is 0 Å². The predicted molar refractivity (Wildman–Crippen MR) is 62.1 cm³/mol. The summed E-state index contributed by atoms with van der Waals surface area (Å²) < 4.78 is 27.1. The van der Waals surface area contributed by atoms with Crippen molar-refractivity contribution in [1.82, 2.24) is 10.1 Å². The van der Waals surface area contributed by atoms with Crippen LogP contribution in [0, 0.1) is 5.92 Å². The second-order valence-corrected chi connectivity index (χ2v) is 7.10. The number of hydrogen-bond acceptors (Lipinski definition) is 6. The van der Waals surface area contributed by atoms with E-state index in [0.29, 0.717) is 30.0 Å². The van der Waals surface area contributed by atoms with Gasteiger partial charge < -0.3 is 10.3 Å². The summed E-state index contributed by atoms with van der Waals surface area (Å²) in [5, 5.41) is 3.88. The van der Waals surface area contributed by atoms with Gasteiger partial charge in [-0.05, 0) is 18.8 Å². The average molecular weight is 259 g/mol. The van der Waals surface area contributed by atoms with E-state index in [0.717, 1.165) is 6.42 Å². The molecule has 3 atom stereocenters. The van der Waals surface area contributed by atoms with Crippen LogP contribution in [-0.4, -0.2) is 30.6 Å². The molecule has 0 radical (unpaired) electrons. The van der Waals surface area contributed by atoms with Crippen molar-refractivity contribution in [3.8, 4) is 0 Å². The first-order valence-corrected chi connectivity index (χ1v) is 7.69. The van der Waals surface area contributed by atoms with Crippen molar-refractivity contribution in [1.29, 1.82) is 0 Å². The Morgan fingerprint density at radius 3 is 2.76 bits per heavy atom. The second kappa shape index (κ2) is 4.38. The highest BCUT2D eigenvalue weighted by atomic mass is 32.2. The van der Waals surface area contributed by atoms with Gasteiger partial charge >= 0.3 is 0 Å². The second-order valence-electron chi connectivity index (χ2n) is 4.84. The first-order valence-electron chi connectivity index (χ1n) is 5.63. The Hall–Kier alpha value is -0.950. The zero-order chi connectivity index (χ0) is 12.6. The number of nitrogens with two attached hydrogens (primary N) is 1. The summed E-state index contributed by atoms with van der Waals surface area (Å²) in [4.78, 5) is 4.23. The Bertz CT molecular complexity index is 497. The summed E-state index contributed by atoms with van der Waals surface area (Å²) in [6.45, 7) is 2.13. The normalized spacial score (nSPS) is 25.8. The molecule has 1 aromatic heterocycles. The predicted octanol–water partition coefficient (Wildman–Crippen LogP) is 0.628. The molecule has 3 unspecified atom stereocenters. The molecule has 1 aromatic rings. The van der Waals surface area contributed by atoms with E-state index in [4.69, 9.17) is 10.3 Å². The largest absolute Gasteiger partial charge is 0.338 e. The maximum atomic E-state index is 11.0. The van der Waals surface area contributed by atoms with Gasteiger partial charge in [0.1, 0.15) is 9.84 Å². The Morgan fingerprint density at radius 2 is 2.24 bits per heavy atom. The molecule has 2 N–H and O–H groups in total. The van der Waals surface area contributed by atoms with Crippen molar-refractivity contribution < 1.29 is 12.9 Å². The molecule has 0 amide bonds. The van der Waals surface area contributed by atoms with Crippen molar-refractivity contribution in [3.05, 3.63) is 11.7 Å². The van der Waals surface area contributed by atoms with Crippen molar-refractivity contribution >= 4 is 9.84 Å². The van der Waals surface area contributed by atoms with Gasteiger partial charge in [-0.2, -0.15) is 4.98 Å². The molecule has 7 heteroatoms. The van der Waals surface area contributed by atoms with Gasteiger partial charge in [0.2, 0.25) is 5.89 Å². The van der Waals surface area contributed by atoms with Crippen LogP contribution in [-0.2, 0) is 9.84 Å². The molecule has 1 saturated carbocycles. The van der Waals surface area contributed by atoms with E-state index in [1.807, 2.05) is 0 Å². The van der Waals surface area contributed by atoms with Gasteiger partial charge in [-0.3, -0.25) is 0 Å². The van der Waals surface area contributed by atoms with Crippen LogP contribution in [0.3, 0.4) is 0 Å². The third-order valence-corrected chi connectivity index (χ3v) is 3.99. The molecule has 6 nitrogen and oxygen atoms in total. The molecule has 0 aliphatic heterocycles. The van der Waals surface area contributed by atoms with Crippen molar-refractivity contribution in [3.63, 3.8) is 0 Å². The Labute approximate surface area is 100 Å². The van der Waals surface area contributed by atoms with E-state index in [2.05, 4.69) is 17.1 Å². The van der Waals surface area contributed by atoms with E-state index in [1.54, 1.807) is 0 Å². The van der Waals surface area contributed by atoms with Crippen LogP contribution in [0.5, 0.6) is 0 Å². The number of sulfone groups is 1. The molecule has 96 valence electrons. The van der Waals surface area contributed by atoms with Crippen LogP contribution in [0.25, 0.3) is 0 Å². The van der Waals surface area contributed by atoms with Gasteiger partial charge in [-0.25, -0.2) is 8.42 Å². The standard InChI is InChI=1S/C10H17N3O3S/c1-6-5-7(6)9-12-10(16-13-9)8(11)3-4-17(2,14)15/h6-8H,3-5,11H2,1-2H3. The summed E-state index contributed by atoms with van der Waals surface area (Å²) in [6, 6.07) is -0.500. The third-order valence-electron chi connectivity index (χ3n) is 3.02. The summed E-state index contributed by atoms with van der Waals surface area (Å²) in [5.41, 5.74) is 5.81. The Morgan fingerprint density at radius 1 is 1.59 bits per heavy atom. The molecule has 2 rings (SSSR count). The van der Waals surface area contributed by atoms with Crippen LogP contribution in [0.4, 0.5) is 0 Å². The third kappa shape index (κ3) is 3.26. The van der Waals surface area contributed by atoms with E-state index in [9.17, 15) is 8.42 Å². The summed E-state index contributed by atoms with van der Waals surface area (Å²) in [5.74, 6) is 2.05. The van der Waals surface area contributed by atoms with E-state index in [1.165, 1.54) is 6.26 Å². The highest BCUT2D eigenvalue weighted by molar-refractivity contribution is 7.90. The monoisotopic (exact) mass is 259 g/mol. The fraction of sp³-hybridized carbons (Fsp3) is 0.800. The number of nitrogens with zero attached hydrogens (tertiary/aromatic N) is 2. The van der Waals surface area contributed by atoms with Gasteiger partial charge in [0.05, 0.1) is 11.8 Å². The molecule has 0 saturated heterocycles. The first kappa shape index (κ1) is 12.5. The van der Waals surface area contributed by atoms with Crippen LogP contribution in [0.1, 0.15) is 43.4 Å². The van der Waals surface area contributed by atoms with Gasteiger partial charge in [-0.15, -0.1) is 0 Å². The molecule has 0 bridgehead atoms. The van der Waals surface area contributed by atoms with Crippen LogP contribution >= 0.6 is 0 Å². The SMILES string of the molecule is CC1CC1c1noc(C(N)CCS(C)(=O)=O)n1. The lowest BCUT2D eigenvalue weighted by Gasteiger charge is -2.04. The Balaban J connectivity index is 1.95. The number of rotatable bonds is 5. The van der Waals surface area contributed by atoms with Crippen molar-refractivity contribution in [2.45, 2.75) is 31.7 Å². The van der Waals surface area contributed by atoms with E-state index < -0.39 is 15.9 Å². The molecule has 0 spiro atoms. The van der Waals surface area contributed by atoms with Crippen LogP contribution in [0.15, 0.2) is 4.52 Å². The van der Waals surface area contributed by atoms with Gasteiger partial charge in [0, 0.05) is 12.2 Å². The number of aromatic nitrogens is 2. The summed E-state index contributed by atoms with van der Waals surface area (Å²) in [6.07, 6.45) is 2.57. The highest BCUT2D eigenvalue weighted by Gasteiger charge is 2.38. The lowest BCUT2D eigenvalue weighted by atomic mass is 10.2. The zero-order valence-corrected chi connectivity index (χ0v) is 10.8. The van der Waals surface area contributed by atoms with Gasteiger partial charge in [0.15, 0.2) is 5.82 Å². The molecule has 1 heterocycles.